The quantitative estimate of drug-likeness (QED) is 0.722. The van der Waals surface area contributed by atoms with Crippen LogP contribution in [0.3, 0.4) is 0 Å². The van der Waals surface area contributed by atoms with Gasteiger partial charge < -0.3 is 11.1 Å². The molecule has 19 heavy (non-hydrogen) atoms. The summed E-state index contributed by atoms with van der Waals surface area (Å²) in [6.45, 7) is 4.07. The molecule has 0 spiro atoms. The zero-order chi connectivity index (χ0) is 13.4. The van der Waals surface area contributed by atoms with Gasteiger partial charge >= 0.3 is 0 Å². The van der Waals surface area contributed by atoms with Gasteiger partial charge in [-0.05, 0) is 41.4 Å². The number of nitrogen functional groups attached to an aromatic ring is 1. The Morgan fingerprint density at radius 3 is 2.63 bits per heavy atom. The number of hydrogen-bond acceptors (Lipinski definition) is 7. The SMILES string of the molecule is Cc1cccc(Nc2nc3nonc3nc2N)c1C. The van der Waals surface area contributed by atoms with E-state index in [0.717, 1.165) is 11.3 Å². The molecule has 3 N–H and O–H groups in total. The van der Waals surface area contributed by atoms with Gasteiger partial charge in [-0.2, -0.15) is 0 Å². The van der Waals surface area contributed by atoms with E-state index in [1.807, 2.05) is 32.0 Å². The molecule has 0 amide bonds. The molecule has 0 radical (unpaired) electrons. The number of hydrogen-bond donors (Lipinski definition) is 2. The topological polar surface area (TPSA) is 103 Å². The molecule has 0 bridgehead atoms. The van der Waals surface area contributed by atoms with Crippen LogP contribution in [-0.2, 0) is 0 Å². The molecule has 0 aliphatic heterocycles. The second kappa shape index (κ2) is 4.20. The summed E-state index contributed by atoms with van der Waals surface area (Å²) in [6, 6.07) is 5.96. The van der Waals surface area contributed by atoms with E-state index in [9.17, 15) is 0 Å². The lowest BCUT2D eigenvalue weighted by atomic mass is 10.1. The lowest BCUT2D eigenvalue weighted by molar-refractivity contribution is 0.314. The number of rotatable bonds is 2. The molecule has 1 aromatic carbocycles. The van der Waals surface area contributed by atoms with Crippen molar-refractivity contribution in [1.82, 2.24) is 20.3 Å². The fourth-order valence-electron chi connectivity index (χ4n) is 1.76. The van der Waals surface area contributed by atoms with Crippen molar-refractivity contribution in [1.29, 1.82) is 0 Å². The molecule has 0 fully saturated rings. The minimum Gasteiger partial charge on any atom is -0.381 e. The molecular weight excluding hydrogens is 244 g/mol. The summed E-state index contributed by atoms with van der Waals surface area (Å²) in [7, 11) is 0. The average molecular weight is 256 g/mol. The summed E-state index contributed by atoms with van der Waals surface area (Å²) < 4.78 is 4.56. The van der Waals surface area contributed by atoms with Crippen LogP contribution in [-0.4, -0.2) is 20.3 Å². The van der Waals surface area contributed by atoms with Crippen LogP contribution in [0.5, 0.6) is 0 Å². The predicted octanol–water partition coefficient (Wildman–Crippen LogP) is 1.96. The maximum absolute atomic E-state index is 5.84. The third kappa shape index (κ3) is 1.95. The van der Waals surface area contributed by atoms with Crippen LogP contribution in [0.25, 0.3) is 11.3 Å². The maximum atomic E-state index is 5.84. The van der Waals surface area contributed by atoms with E-state index in [4.69, 9.17) is 5.73 Å². The van der Waals surface area contributed by atoms with Crippen molar-refractivity contribution in [3.8, 4) is 0 Å². The smallest absolute Gasteiger partial charge is 0.245 e. The first kappa shape index (κ1) is 11.4. The fraction of sp³-hybridized carbons (Fsp3) is 0.167. The van der Waals surface area contributed by atoms with E-state index >= 15 is 0 Å². The summed E-state index contributed by atoms with van der Waals surface area (Å²) >= 11 is 0. The molecule has 96 valence electrons. The summed E-state index contributed by atoms with van der Waals surface area (Å²) in [6.07, 6.45) is 0. The van der Waals surface area contributed by atoms with E-state index in [1.165, 1.54) is 5.56 Å². The van der Waals surface area contributed by atoms with Gasteiger partial charge in [0.25, 0.3) is 0 Å². The van der Waals surface area contributed by atoms with Crippen LogP contribution in [0.4, 0.5) is 17.3 Å². The molecule has 2 heterocycles. The standard InChI is InChI=1S/C12H12N6O/c1-6-4-3-5-8(7(6)2)14-10-9(13)15-11-12(16-10)18-19-17-11/h3-5H,1-2H3,(H2,13,15,17)(H,14,16,18). The van der Waals surface area contributed by atoms with Gasteiger partial charge in [-0.15, -0.1) is 0 Å². The number of nitrogens with one attached hydrogen (secondary N) is 1. The average Bonchev–Trinajstić information content (AvgIpc) is 2.82. The number of nitrogens with two attached hydrogens (primary N) is 1. The highest BCUT2D eigenvalue weighted by molar-refractivity contribution is 5.76. The summed E-state index contributed by atoms with van der Waals surface area (Å²) in [5.74, 6) is 0.695. The number of anilines is 3. The van der Waals surface area contributed by atoms with E-state index < -0.39 is 0 Å². The first-order valence-electron chi connectivity index (χ1n) is 5.74. The number of nitrogens with zero attached hydrogens (tertiary/aromatic N) is 4. The second-order valence-corrected chi connectivity index (χ2v) is 4.24. The van der Waals surface area contributed by atoms with Gasteiger partial charge in [0.05, 0.1) is 0 Å². The van der Waals surface area contributed by atoms with Gasteiger partial charge in [0, 0.05) is 5.69 Å². The van der Waals surface area contributed by atoms with Crippen LogP contribution < -0.4 is 11.1 Å². The van der Waals surface area contributed by atoms with E-state index in [1.54, 1.807) is 0 Å². The predicted molar refractivity (Wildman–Crippen MR) is 71.0 cm³/mol. The van der Waals surface area contributed by atoms with Crippen molar-refractivity contribution in [3.05, 3.63) is 29.3 Å². The van der Waals surface area contributed by atoms with Crippen molar-refractivity contribution < 1.29 is 4.63 Å². The van der Waals surface area contributed by atoms with Crippen molar-refractivity contribution in [3.63, 3.8) is 0 Å². The zero-order valence-corrected chi connectivity index (χ0v) is 10.5. The minimum atomic E-state index is 0.254. The largest absolute Gasteiger partial charge is 0.381 e. The van der Waals surface area contributed by atoms with Crippen LogP contribution in [0.15, 0.2) is 22.8 Å². The first-order chi connectivity index (χ1) is 9.15. The van der Waals surface area contributed by atoms with Gasteiger partial charge in [-0.3, -0.25) is 0 Å². The molecular formula is C12H12N6O. The van der Waals surface area contributed by atoms with E-state index in [-0.39, 0.29) is 5.82 Å². The Morgan fingerprint density at radius 1 is 1.11 bits per heavy atom. The molecule has 2 aromatic heterocycles. The number of aromatic nitrogens is 4. The van der Waals surface area contributed by atoms with Crippen molar-refractivity contribution in [2.45, 2.75) is 13.8 Å². The molecule has 3 aromatic rings. The molecule has 7 heteroatoms. The van der Waals surface area contributed by atoms with Gasteiger partial charge in [0.15, 0.2) is 11.6 Å². The van der Waals surface area contributed by atoms with Crippen molar-refractivity contribution in [2.24, 2.45) is 0 Å². The Labute approximate surface area is 108 Å². The van der Waals surface area contributed by atoms with Crippen LogP contribution >= 0.6 is 0 Å². The highest BCUT2D eigenvalue weighted by Crippen LogP contribution is 2.25. The Morgan fingerprint density at radius 2 is 1.84 bits per heavy atom. The molecule has 0 saturated heterocycles. The van der Waals surface area contributed by atoms with Crippen molar-refractivity contribution >= 4 is 28.6 Å². The van der Waals surface area contributed by atoms with Gasteiger partial charge in [0.1, 0.15) is 0 Å². The molecule has 0 unspecified atom stereocenters. The Balaban J connectivity index is 2.05. The third-order valence-corrected chi connectivity index (χ3v) is 3.00. The van der Waals surface area contributed by atoms with Gasteiger partial charge in [-0.1, -0.05) is 12.1 Å². The molecule has 0 aliphatic rings. The molecule has 3 rings (SSSR count). The molecule has 7 nitrogen and oxygen atoms in total. The van der Waals surface area contributed by atoms with Gasteiger partial charge in [0.2, 0.25) is 11.3 Å². The molecule has 0 atom stereocenters. The molecule has 0 saturated carbocycles. The first-order valence-corrected chi connectivity index (χ1v) is 5.74. The Hall–Kier alpha value is -2.70. The fourth-order valence-corrected chi connectivity index (χ4v) is 1.76. The number of benzene rings is 1. The lowest BCUT2D eigenvalue weighted by Crippen LogP contribution is -2.03. The summed E-state index contributed by atoms with van der Waals surface area (Å²) in [4.78, 5) is 8.30. The Kier molecular flexibility index (Phi) is 2.52. The van der Waals surface area contributed by atoms with Crippen molar-refractivity contribution in [2.75, 3.05) is 11.1 Å². The number of fused-ring (bicyclic) bond motifs is 1. The minimum absolute atomic E-state index is 0.254. The maximum Gasteiger partial charge on any atom is 0.245 e. The van der Waals surface area contributed by atoms with Crippen LogP contribution in [0, 0.1) is 13.8 Å². The van der Waals surface area contributed by atoms with E-state index in [2.05, 4.69) is 30.2 Å². The normalized spacial score (nSPS) is 10.8. The van der Waals surface area contributed by atoms with E-state index in [0.29, 0.717) is 17.1 Å². The van der Waals surface area contributed by atoms with Gasteiger partial charge in [-0.25, -0.2) is 14.6 Å². The molecule has 0 aliphatic carbocycles. The monoisotopic (exact) mass is 256 g/mol. The lowest BCUT2D eigenvalue weighted by Gasteiger charge is -2.11. The summed E-state index contributed by atoms with van der Waals surface area (Å²) in [5, 5.41) is 10.4. The highest BCUT2D eigenvalue weighted by Gasteiger charge is 2.11. The second-order valence-electron chi connectivity index (χ2n) is 4.24. The van der Waals surface area contributed by atoms with Crippen LogP contribution in [0.2, 0.25) is 0 Å². The summed E-state index contributed by atoms with van der Waals surface area (Å²) in [5.41, 5.74) is 9.69. The number of aryl methyl sites for hydroxylation is 1. The van der Waals surface area contributed by atoms with Crippen LogP contribution in [0.1, 0.15) is 11.1 Å². The highest BCUT2D eigenvalue weighted by atomic mass is 16.6. The Bertz CT molecular complexity index is 751. The zero-order valence-electron chi connectivity index (χ0n) is 10.5. The third-order valence-electron chi connectivity index (χ3n) is 3.00.